The molecule has 1 amide bonds. The van der Waals surface area contributed by atoms with E-state index in [1.165, 1.54) is 17.4 Å². The molecule has 0 aliphatic rings. The topological polar surface area (TPSA) is 68.0 Å². The molecule has 0 spiro atoms. The molecule has 0 aliphatic heterocycles. The molecule has 0 saturated carbocycles. The van der Waals surface area contributed by atoms with E-state index in [2.05, 4.69) is 15.5 Å². The predicted molar refractivity (Wildman–Crippen MR) is 106 cm³/mol. The number of halogens is 1. The second-order valence-corrected chi connectivity index (χ2v) is 7.19. The number of thiophene rings is 1. The van der Waals surface area contributed by atoms with Gasteiger partial charge in [-0.05, 0) is 47.7 Å². The number of hydrogen-bond acceptors (Lipinski definition) is 5. The molecule has 0 saturated heterocycles. The van der Waals surface area contributed by atoms with Crippen LogP contribution in [0.2, 0.25) is 0 Å². The Hall–Kier alpha value is -3.32. The van der Waals surface area contributed by atoms with Gasteiger partial charge in [0.2, 0.25) is 11.7 Å². The third-order valence-corrected chi connectivity index (χ3v) is 5.12. The van der Waals surface area contributed by atoms with E-state index in [1.54, 1.807) is 25.1 Å². The van der Waals surface area contributed by atoms with Crippen LogP contribution in [0.25, 0.3) is 10.7 Å². The average Bonchev–Trinajstić information content (AvgIpc) is 3.37. The smallest absolute Gasteiger partial charge is 0.255 e. The van der Waals surface area contributed by atoms with Crippen molar-refractivity contribution >= 4 is 22.9 Å². The van der Waals surface area contributed by atoms with Crippen LogP contribution in [0.3, 0.4) is 0 Å². The Labute approximate surface area is 164 Å². The van der Waals surface area contributed by atoms with E-state index in [0.29, 0.717) is 29.4 Å². The number of nitrogens with one attached hydrogen (secondary N) is 1. The molecule has 5 nitrogen and oxygen atoms in total. The Morgan fingerprint density at radius 3 is 2.82 bits per heavy atom. The van der Waals surface area contributed by atoms with Crippen molar-refractivity contribution < 1.29 is 13.7 Å². The number of amides is 1. The number of carbonyl (C=O) groups is 1. The minimum atomic E-state index is -0.409. The van der Waals surface area contributed by atoms with Crippen molar-refractivity contribution in [3.05, 3.63) is 88.4 Å². The molecule has 2 heterocycles. The van der Waals surface area contributed by atoms with E-state index in [1.807, 2.05) is 35.7 Å². The number of para-hydroxylation sites is 1. The van der Waals surface area contributed by atoms with Gasteiger partial charge in [0.15, 0.2) is 0 Å². The Balaban J connectivity index is 1.54. The Morgan fingerprint density at radius 2 is 2.04 bits per heavy atom. The van der Waals surface area contributed by atoms with Gasteiger partial charge in [0, 0.05) is 11.3 Å². The summed E-state index contributed by atoms with van der Waals surface area (Å²) in [6.45, 7) is 1.65. The first-order valence-electron chi connectivity index (χ1n) is 8.62. The fraction of sp³-hybridized carbons (Fsp3) is 0.0952. The summed E-state index contributed by atoms with van der Waals surface area (Å²) in [5.74, 6) is 0.206. The Kier molecular flexibility index (Phi) is 4.99. The normalized spacial score (nSPS) is 10.8. The molecule has 2 aromatic carbocycles. The van der Waals surface area contributed by atoms with Crippen LogP contribution >= 0.6 is 11.3 Å². The molecule has 28 heavy (non-hydrogen) atoms. The molecule has 0 aliphatic carbocycles. The van der Waals surface area contributed by atoms with Crippen LogP contribution in [-0.2, 0) is 6.42 Å². The quantitative estimate of drug-likeness (QED) is 0.513. The van der Waals surface area contributed by atoms with Crippen LogP contribution in [0.1, 0.15) is 27.4 Å². The van der Waals surface area contributed by atoms with Gasteiger partial charge in [-0.1, -0.05) is 35.5 Å². The highest BCUT2D eigenvalue weighted by Crippen LogP contribution is 2.24. The monoisotopic (exact) mass is 393 g/mol. The van der Waals surface area contributed by atoms with E-state index in [-0.39, 0.29) is 11.5 Å². The summed E-state index contributed by atoms with van der Waals surface area (Å²) in [7, 11) is 0. The molecule has 1 N–H and O–H groups in total. The Bertz CT molecular complexity index is 1120. The second-order valence-electron chi connectivity index (χ2n) is 6.24. The first-order valence-corrected chi connectivity index (χ1v) is 9.50. The molecule has 2 aromatic heterocycles. The summed E-state index contributed by atoms with van der Waals surface area (Å²) in [6.07, 6.45) is 0.372. The standard InChI is InChI=1S/C21H16FN3O2S/c1-13-8-9-15(11-16(13)22)21(26)23-17-6-3-2-5-14(17)12-19-24-20(25-27-19)18-7-4-10-28-18/h2-11H,12H2,1H3,(H,23,26). The lowest BCUT2D eigenvalue weighted by molar-refractivity contribution is 0.102. The van der Waals surface area contributed by atoms with Crippen LogP contribution in [0.4, 0.5) is 10.1 Å². The van der Waals surface area contributed by atoms with Gasteiger partial charge in [-0.15, -0.1) is 11.3 Å². The number of aryl methyl sites for hydroxylation is 1. The molecular weight excluding hydrogens is 377 g/mol. The maximum atomic E-state index is 13.8. The van der Waals surface area contributed by atoms with Crippen LogP contribution < -0.4 is 5.32 Å². The van der Waals surface area contributed by atoms with E-state index in [0.717, 1.165) is 10.4 Å². The van der Waals surface area contributed by atoms with Crippen LogP contribution in [0.5, 0.6) is 0 Å². The zero-order chi connectivity index (χ0) is 19.5. The van der Waals surface area contributed by atoms with Gasteiger partial charge in [0.25, 0.3) is 5.91 Å². The van der Waals surface area contributed by atoms with Crippen molar-refractivity contribution in [2.75, 3.05) is 5.32 Å². The number of hydrogen-bond donors (Lipinski definition) is 1. The molecule has 7 heteroatoms. The summed E-state index contributed by atoms with van der Waals surface area (Å²) >= 11 is 1.53. The summed E-state index contributed by atoms with van der Waals surface area (Å²) in [4.78, 5) is 17.9. The number of carbonyl (C=O) groups excluding carboxylic acids is 1. The SMILES string of the molecule is Cc1ccc(C(=O)Nc2ccccc2Cc2nc(-c3cccs3)no2)cc1F. The molecule has 0 bridgehead atoms. The average molecular weight is 393 g/mol. The maximum absolute atomic E-state index is 13.8. The predicted octanol–water partition coefficient (Wildman–Crippen LogP) is 5.09. The minimum absolute atomic E-state index is 0.260. The highest BCUT2D eigenvalue weighted by molar-refractivity contribution is 7.13. The lowest BCUT2D eigenvalue weighted by Gasteiger charge is -2.10. The molecule has 0 radical (unpaired) electrons. The zero-order valence-electron chi connectivity index (χ0n) is 15.0. The van der Waals surface area contributed by atoms with Crippen molar-refractivity contribution in [2.24, 2.45) is 0 Å². The third-order valence-electron chi connectivity index (χ3n) is 4.25. The summed E-state index contributed by atoms with van der Waals surface area (Å²) in [5, 5.41) is 8.79. The zero-order valence-corrected chi connectivity index (χ0v) is 15.8. The maximum Gasteiger partial charge on any atom is 0.255 e. The second kappa shape index (κ2) is 7.74. The van der Waals surface area contributed by atoms with E-state index in [4.69, 9.17) is 4.52 Å². The molecule has 140 valence electrons. The summed E-state index contributed by atoms with van der Waals surface area (Å²) in [6, 6.07) is 15.6. The first kappa shape index (κ1) is 18.1. The molecular formula is C21H16FN3O2S. The Morgan fingerprint density at radius 1 is 1.18 bits per heavy atom. The van der Waals surface area contributed by atoms with Crippen molar-refractivity contribution in [2.45, 2.75) is 13.3 Å². The largest absolute Gasteiger partial charge is 0.339 e. The van der Waals surface area contributed by atoms with E-state index < -0.39 is 5.82 Å². The van der Waals surface area contributed by atoms with Gasteiger partial charge < -0.3 is 9.84 Å². The van der Waals surface area contributed by atoms with Crippen molar-refractivity contribution in [1.29, 1.82) is 0 Å². The fourth-order valence-corrected chi connectivity index (χ4v) is 3.37. The van der Waals surface area contributed by atoms with Crippen molar-refractivity contribution in [3.8, 4) is 10.7 Å². The van der Waals surface area contributed by atoms with Gasteiger partial charge in [-0.3, -0.25) is 4.79 Å². The number of rotatable bonds is 5. The highest BCUT2D eigenvalue weighted by Gasteiger charge is 2.14. The lowest BCUT2D eigenvalue weighted by atomic mass is 10.1. The lowest BCUT2D eigenvalue weighted by Crippen LogP contribution is -2.14. The van der Waals surface area contributed by atoms with Gasteiger partial charge in [-0.2, -0.15) is 4.98 Å². The summed E-state index contributed by atoms with van der Waals surface area (Å²) in [5.41, 5.74) is 2.19. The van der Waals surface area contributed by atoms with Crippen molar-refractivity contribution in [3.63, 3.8) is 0 Å². The van der Waals surface area contributed by atoms with Gasteiger partial charge in [0.05, 0.1) is 11.3 Å². The van der Waals surface area contributed by atoms with E-state index in [9.17, 15) is 9.18 Å². The first-order chi connectivity index (χ1) is 13.6. The number of nitrogens with zero attached hydrogens (tertiary/aromatic N) is 2. The highest BCUT2D eigenvalue weighted by atomic mass is 32.1. The fourth-order valence-electron chi connectivity index (χ4n) is 2.72. The number of benzene rings is 2. The van der Waals surface area contributed by atoms with Crippen LogP contribution in [-0.4, -0.2) is 16.0 Å². The van der Waals surface area contributed by atoms with Gasteiger partial charge in [0.1, 0.15) is 5.82 Å². The molecule has 0 atom stereocenters. The third kappa shape index (κ3) is 3.84. The minimum Gasteiger partial charge on any atom is -0.339 e. The van der Waals surface area contributed by atoms with Gasteiger partial charge in [-0.25, -0.2) is 4.39 Å². The van der Waals surface area contributed by atoms with Crippen molar-refractivity contribution in [1.82, 2.24) is 10.1 Å². The van der Waals surface area contributed by atoms with Gasteiger partial charge >= 0.3 is 0 Å². The molecule has 4 rings (SSSR count). The van der Waals surface area contributed by atoms with E-state index >= 15 is 0 Å². The summed E-state index contributed by atoms with van der Waals surface area (Å²) < 4.78 is 19.1. The molecule has 4 aromatic rings. The van der Waals surface area contributed by atoms with Crippen LogP contribution in [0.15, 0.2) is 64.5 Å². The molecule has 0 unspecified atom stereocenters. The number of anilines is 1. The number of aromatic nitrogens is 2. The van der Waals surface area contributed by atoms with Crippen LogP contribution in [0, 0.1) is 12.7 Å². The molecule has 0 fully saturated rings.